The number of rotatable bonds is 73. The van der Waals surface area contributed by atoms with Gasteiger partial charge >= 0.3 is 17.9 Å². The van der Waals surface area contributed by atoms with E-state index >= 15 is 0 Å². The second kappa shape index (κ2) is 78.4. The van der Waals surface area contributed by atoms with Gasteiger partial charge < -0.3 is 28.5 Å². The van der Waals surface area contributed by atoms with Crippen molar-refractivity contribution in [1.29, 1.82) is 0 Å². The summed E-state index contributed by atoms with van der Waals surface area (Å²) in [5.41, 5.74) is 0. The first kappa shape index (κ1) is 93.6. The lowest BCUT2D eigenvalue weighted by atomic mass is 10.0. The van der Waals surface area contributed by atoms with E-state index in [2.05, 4.69) is 184 Å². The Morgan fingerprint density at radius 1 is 0.303 bits per heavy atom. The zero-order valence-electron chi connectivity index (χ0n) is 64.3. The molecule has 0 bridgehead atoms. The van der Waals surface area contributed by atoms with Gasteiger partial charge in [0.05, 0.1) is 34.4 Å². The highest BCUT2D eigenvalue weighted by atomic mass is 16.7. The fourth-order valence-electron chi connectivity index (χ4n) is 10.9. The van der Waals surface area contributed by atoms with E-state index in [0.29, 0.717) is 23.9 Å². The van der Waals surface area contributed by atoms with Crippen molar-refractivity contribution in [2.75, 3.05) is 47.5 Å². The van der Waals surface area contributed by atoms with Crippen LogP contribution in [0.15, 0.2) is 170 Å². The van der Waals surface area contributed by atoms with Crippen molar-refractivity contribution in [3.8, 4) is 0 Å². The van der Waals surface area contributed by atoms with E-state index in [4.69, 9.17) is 18.9 Å². The molecule has 0 saturated carbocycles. The third kappa shape index (κ3) is 79.8. The fourth-order valence-corrected chi connectivity index (χ4v) is 10.9. The molecule has 0 aromatic carbocycles. The first-order valence-corrected chi connectivity index (χ1v) is 40.3. The Morgan fingerprint density at radius 3 is 0.808 bits per heavy atom. The molecule has 0 saturated heterocycles. The highest BCUT2D eigenvalue weighted by Crippen LogP contribution is 2.18. The summed E-state index contributed by atoms with van der Waals surface area (Å²) in [6, 6.07) is 0. The second-order valence-electron chi connectivity index (χ2n) is 27.6. The Morgan fingerprint density at radius 2 is 0.545 bits per heavy atom. The van der Waals surface area contributed by atoms with E-state index in [1.165, 1.54) is 148 Å². The van der Waals surface area contributed by atoms with Gasteiger partial charge in [0.2, 0.25) is 0 Å². The van der Waals surface area contributed by atoms with Crippen molar-refractivity contribution in [1.82, 2.24) is 0 Å². The summed E-state index contributed by atoms with van der Waals surface area (Å²) in [6.07, 6.45) is 115. The number of aliphatic carboxylic acids is 1. The zero-order chi connectivity index (χ0) is 71.8. The van der Waals surface area contributed by atoms with Crippen LogP contribution < -0.4 is 0 Å². The molecule has 0 spiro atoms. The smallest absolute Gasteiger partial charge is 0.361 e. The van der Waals surface area contributed by atoms with Crippen LogP contribution in [0.4, 0.5) is 0 Å². The molecule has 0 aromatic heterocycles. The standard InChI is InChI=1S/C90H149NO8/c1-6-8-10-12-14-16-18-20-22-24-26-28-30-32-34-36-38-40-41-42-43-44-45-46-47-49-50-52-54-56-58-60-62-64-66-68-70-72-74-76-78-80-87(92)97-84-86(85-98-90(89(94)95)96-83-82-91(3,4)5)99-88(93)81-79-77-75-73-71-69-67-65-63-61-59-57-55-53-51-48-39-37-35-33-31-29-27-25-23-21-19-17-15-13-11-9-7-2/h8-11,14-17,20-23,26-29,32-35,39,48,53,55,59,61,65,67,86,90H,6-7,12-13,18-19,24-25,30-31,36-38,40-47,49-52,54,56-58,60,62-64,66,68-85H2,1-5H3/p+1/b10-8-,11-9-,16-14-,17-15-,22-20-,23-21-,28-26-,29-27-,34-32-,35-33-,48-39-,55-53-,61-59-,67-65-. The van der Waals surface area contributed by atoms with E-state index in [1.807, 2.05) is 21.1 Å². The van der Waals surface area contributed by atoms with E-state index in [9.17, 15) is 19.5 Å². The molecule has 0 amide bonds. The van der Waals surface area contributed by atoms with Crippen molar-refractivity contribution in [2.24, 2.45) is 0 Å². The Labute approximate surface area is 609 Å². The summed E-state index contributed by atoms with van der Waals surface area (Å²) in [5, 5.41) is 9.77. The number of ether oxygens (including phenoxy) is 4. The zero-order valence-corrected chi connectivity index (χ0v) is 64.3. The molecule has 0 aromatic rings. The maximum absolute atomic E-state index is 13.0. The van der Waals surface area contributed by atoms with Crippen LogP contribution in [-0.2, 0) is 33.3 Å². The number of unbranched alkanes of at least 4 members (excludes halogenated alkanes) is 30. The van der Waals surface area contributed by atoms with Gasteiger partial charge in [-0.15, -0.1) is 0 Å². The molecule has 2 atom stereocenters. The van der Waals surface area contributed by atoms with Gasteiger partial charge in [0, 0.05) is 12.8 Å². The number of likely N-dealkylation sites (N-methyl/N-ethyl adjacent to an activating group) is 1. The molecule has 0 radical (unpaired) electrons. The minimum absolute atomic E-state index is 0.177. The molecule has 9 heteroatoms. The van der Waals surface area contributed by atoms with Crippen molar-refractivity contribution in [2.45, 2.75) is 334 Å². The lowest BCUT2D eigenvalue weighted by Crippen LogP contribution is -2.40. The summed E-state index contributed by atoms with van der Waals surface area (Å²) in [7, 11) is 5.97. The molecule has 0 rings (SSSR count). The number of carboxylic acid groups (broad SMARTS) is 1. The van der Waals surface area contributed by atoms with Crippen LogP contribution in [0, 0.1) is 0 Å². The molecule has 2 unspecified atom stereocenters. The maximum atomic E-state index is 13.0. The lowest BCUT2D eigenvalue weighted by Gasteiger charge is -2.25. The summed E-state index contributed by atoms with van der Waals surface area (Å²) in [4.78, 5) is 37.7. The predicted molar refractivity (Wildman–Crippen MR) is 428 cm³/mol. The third-order valence-electron chi connectivity index (χ3n) is 17.0. The summed E-state index contributed by atoms with van der Waals surface area (Å²) in [6.45, 7) is 4.64. The van der Waals surface area contributed by atoms with Crippen LogP contribution in [0.5, 0.6) is 0 Å². The summed E-state index contributed by atoms with van der Waals surface area (Å²) >= 11 is 0. The third-order valence-corrected chi connectivity index (χ3v) is 17.0. The van der Waals surface area contributed by atoms with Gasteiger partial charge in [0.25, 0.3) is 6.29 Å². The van der Waals surface area contributed by atoms with Crippen LogP contribution in [0.25, 0.3) is 0 Å². The van der Waals surface area contributed by atoms with Crippen LogP contribution in [0.3, 0.4) is 0 Å². The molecule has 1 N–H and O–H groups in total. The minimum Gasteiger partial charge on any atom is -0.477 e. The van der Waals surface area contributed by atoms with Crippen molar-refractivity contribution in [3.63, 3.8) is 0 Å². The van der Waals surface area contributed by atoms with Crippen molar-refractivity contribution in [3.05, 3.63) is 170 Å². The number of hydrogen-bond donors (Lipinski definition) is 1. The van der Waals surface area contributed by atoms with E-state index in [-0.39, 0.29) is 32.2 Å². The average molecular weight is 1370 g/mol. The number of nitrogens with zero attached hydrogens (tertiary/aromatic N) is 1. The Balaban J connectivity index is 4.06. The van der Waals surface area contributed by atoms with Gasteiger partial charge in [-0.05, 0) is 128 Å². The number of carbonyl (C=O) groups excluding carboxylic acids is 2. The first-order chi connectivity index (χ1) is 48.6. The highest BCUT2D eigenvalue weighted by molar-refractivity contribution is 5.71. The van der Waals surface area contributed by atoms with Crippen LogP contribution >= 0.6 is 0 Å². The van der Waals surface area contributed by atoms with Gasteiger partial charge in [-0.25, -0.2) is 4.79 Å². The Kier molecular flexibility index (Phi) is 74.1. The van der Waals surface area contributed by atoms with Crippen LogP contribution in [-0.4, -0.2) is 87.4 Å². The molecular weight excluding hydrogens is 1220 g/mol. The topological polar surface area (TPSA) is 108 Å². The minimum atomic E-state index is -1.53. The van der Waals surface area contributed by atoms with Gasteiger partial charge in [-0.1, -0.05) is 351 Å². The van der Waals surface area contributed by atoms with Crippen molar-refractivity contribution >= 4 is 17.9 Å². The molecule has 0 aliphatic carbocycles. The predicted octanol–water partition coefficient (Wildman–Crippen LogP) is 26.1. The molecule has 0 aliphatic rings. The average Bonchev–Trinajstić information content (AvgIpc) is 1.57. The largest absolute Gasteiger partial charge is 0.477 e. The molecule has 9 nitrogen and oxygen atoms in total. The Bertz CT molecular complexity index is 2240. The number of carbonyl (C=O) groups is 3. The summed E-state index contributed by atoms with van der Waals surface area (Å²) < 4.78 is 23.0. The number of esters is 2. The number of carboxylic acids is 1. The van der Waals surface area contributed by atoms with E-state index < -0.39 is 24.3 Å². The second-order valence-corrected chi connectivity index (χ2v) is 27.6. The van der Waals surface area contributed by atoms with Gasteiger partial charge in [0.15, 0.2) is 6.10 Å². The van der Waals surface area contributed by atoms with E-state index in [0.717, 1.165) is 141 Å². The van der Waals surface area contributed by atoms with Gasteiger partial charge in [-0.3, -0.25) is 9.59 Å². The molecule has 99 heavy (non-hydrogen) atoms. The van der Waals surface area contributed by atoms with Crippen LogP contribution in [0.2, 0.25) is 0 Å². The SMILES string of the molecule is CC/C=C\C/C=C\C/C=C\C/C=C\C/C=C\C/C=C\C/C=C\C/C=C\C/C=C\CCCCCCCC(=O)OC(COC(=O)CCCCCCCCCCCCCCCCCCCCCCCCCCC/C=C\C/C=C\C/C=C\C/C=C\C/C=C\CC)COC(OCC[N+](C)(C)C)C(=O)O. The first-order valence-electron chi connectivity index (χ1n) is 40.3. The quantitative estimate of drug-likeness (QED) is 0.0211. The van der Waals surface area contributed by atoms with Crippen LogP contribution in [0.1, 0.15) is 322 Å². The molecule has 0 heterocycles. The normalized spacial score (nSPS) is 13.6. The molecule has 0 fully saturated rings. The van der Waals surface area contributed by atoms with Gasteiger partial charge in [-0.2, -0.15) is 0 Å². The Hall–Kier alpha value is -5.35. The lowest BCUT2D eigenvalue weighted by molar-refractivity contribution is -0.870. The van der Waals surface area contributed by atoms with Gasteiger partial charge in [0.1, 0.15) is 13.2 Å². The molecule has 0 aliphatic heterocycles. The molecule has 562 valence electrons. The fraction of sp³-hybridized carbons (Fsp3) is 0.656. The summed E-state index contributed by atoms with van der Waals surface area (Å²) in [5.74, 6) is -2.03. The highest BCUT2D eigenvalue weighted by Gasteiger charge is 2.25. The molecular formula is C90H150NO8+. The maximum Gasteiger partial charge on any atom is 0.361 e. The monoisotopic (exact) mass is 1370 g/mol. The van der Waals surface area contributed by atoms with Crippen molar-refractivity contribution < 1.29 is 42.9 Å². The van der Waals surface area contributed by atoms with E-state index in [1.54, 1.807) is 0 Å². The number of hydrogen-bond acceptors (Lipinski definition) is 7. The number of allylic oxidation sites excluding steroid dienone is 28. The number of quaternary nitrogens is 1.